The van der Waals surface area contributed by atoms with E-state index in [9.17, 15) is 13.6 Å². The van der Waals surface area contributed by atoms with E-state index in [4.69, 9.17) is 5.41 Å². The van der Waals surface area contributed by atoms with Crippen molar-refractivity contribution >= 4 is 11.9 Å². The van der Waals surface area contributed by atoms with Gasteiger partial charge in [0.2, 0.25) is 5.91 Å². The molecule has 6 heteroatoms. The average molecular weight is 385 g/mol. The van der Waals surface area contributed by atoms with Crippen LogP contribution in [-0.2, 0) is 15.7 Å². The summed E-state index contributed by atoms with van der Waals surface area (Å²) >= 11 is 0. The highest BCUT2D eigenvalue weighted by Gasteiger charge is 2.49. The molecule has 3 rings (SSSR count). The highest BCUT2D eigenvalue weighted by molar-refractivity contribution is 6.02. The Hall–Kier alpha value is -2.76. The van der Waals surface area contributed by atoms with Crippen molar-refractivity contribution in [3.05, 3.63) is 70.8 Å². The van der Waals surface area contributed by atoms with E-state index in [2.05, 4.69) is 26.1 Å². The van der Waals surface area contributed by atoms with Crippen molar-refractivity contribution in [2.75, 3.05) is 7.05 Å². The van der Waals surface area contributed by atoms with Gasteiger partial charge in [0.1, 0.15) is 11.6 Å². The Bertz CT molecular complexity index is 934. The number of hydrogen-bond donors (Lipinski definition) is 2. The van der Waals surface area contributed by atoms with Crippen molar-refractivity contribution in [3.63, 3.8) is 0 Å². The van der Waals surface area contributed by atoms with Gasteiger partial charge in [-0.3, -0.25) is 15.1 Å². The van der Waals surface area contributed by atoms with Crippen LogP contribution in [0.4, 0.5) is 8.78 Å². The summed E-state index contributed by atoms with van der Waals surface area (Å²) < 4.78 is 28.1. The predicted molar refractivity (Wildman–Crippen MR) is 105 cm³/mol. The van der Waals surface area contributed by atoms with Gasteiger partial charge < -0.3 is 5.32 Å². The second kappa shape index (κ2) is 6.69. The third-order valence-electron chi connectivity index (χ3n) is 5.47. The Morgan fingerprint density at radius 2 is 1.71 bits per heavy atom. The van der Waals surface area contributed by atoms with E-state index in [-0.39, 0.29) is 22.8 Å². The molecule has 2 N–H and O–H groups in total. The molecule has 1 aliphatic rings. The largest absolute Gasteiger partial charge is 0.346 e. The van der Waals surface area contributed by atoms with Crippen molar-refractivity contribution in [2.45, 2.75) is 44.6 Å². The SMILES string of the molecule is CN1C(=N)N[C@](C)(c2ccc(F)cc2F)[C@@H](c2ccc(C(C)(C)C)cc2)C1=O. The van der Waals surface area contributed by atoms with Crippen LogP contribution in [0.5, 0.6) is 0 Å². The highest BCUT2D eigenvalue weighted by atomic mass is 19.1. The molecule has 1 heterocycles. The van der Waals surface area contributed by atoms with Crippen LogP contribution in [-0.4, -0.2) is 23.8 Å². The highest BCUT2D eigenvalue weighted by Crippen LogP contribution is 2.42. The lowest BCUT2D eigenvalue weighted by molar-refractivity contribution is -0.131. The normalized spacial score (nSPS) is 23.0. The molecular weight excluding hydrogens is 360 g/mol. The zero-order valence-corrected chi connectivity index (χ0v) is 16.7. The summed E-state index contributed by atoms with van der Waals surface area (Å²) in [4.78, 5) is 14.3. The van der Waals surface area contributed by atoms with Gasteiger partial charge in [0.25, 0.3) is 0 Å². The Balaban J connectivity index is 2.16. The number of nitrogens with one attached hydrogen (secondary N) is 2. The first-order chi connectivity index (χ1) is 12.9. The van der Waals surface area contributed by atoms with E-state index in [1.54, 1.807) is 6.92 Å². The molecule has 1 aliphatic heterocycles. The number of hydrogen-bond acceptors (Lipinski definition) is 2. The molecule has 0 bridgehead atoms. The predicted octanol–water partition coefficient (Wildman–Crippen LogP) is 4.26. The van der Waals surface area contributed by atoms with Crippen LogP contribution in [0.25, 0.3) is 0 Å². The molecule has 2 aromatic rings. The second-order valence-electron chi connectivity index (χ2n) is 8.50. The summed E-state index contributed by atoms with van der Waals surface area (Å²) in [5.41, 5.74) is 0.685. The summed E-state index contributed by atoms with van der Waals surface area (Å²) in [6.45, 7) is 7.97. The van der Waals surface area contributed by atoms with Gasteiger partial charge in [-0.25, -0.2) is 8.78 Å². The molecule has 28 heavy (non-hydrogen) atoms. The molecule has 0 radical (unpaired) electrons. The van der Waals surface area contributed by atoms with E-state index in [0.717, 1.165) is 17.7 Å². The first-order valence-corrected chi connectivity index (χ1v) is 9.15. The third-order valence-corrected chi connectivity index (χ3v) is 5.47. The fourth-order valence-electron chi connectivity index (χ4n) is 3.74. The maximum Gasteiger partial charge on any atom is 0.239 e. The van der Waals surface area contributed by atoms with Gasteiger partial charge in [-0.2, -0.15) is 0 Å². The molecule has 2 aromatic carbocycles. The molecule has 1 amide bonds. The first-order valence-electron chi connectivity index (χ1n) is 9.15. The number of benzene rings is 2. The molecule has 1 fully saturated rings. The number of nitrogens with zero attached hydrogens (tertiary/aromatic N) is 1. The van der Waals surface area contributed by atoms with Crippen LogP contribution in [0.1, 0.15) is 50.3 Å². The number of amides is 1. The van der Waals surface area contributed by atoms with Crippen LogP contribution < -0.4 is 5.32 Å². The maximum atomic E-state index is 14.7. The van der Waals surface area contributed by atoms with E-state index < -0.39 is 23.1 Å². The van der Waals surface area contributed by atoms with Gasteiger partial charge in [-0.1, -0.05) is 51.1 Å². The van der Waals surface area contributed by atoms with E-state index in [1.165, 1.54) is 18.0 Å². The Kier molecular flexibility index (Phi) is 4.77. The summed E-state index contributed by atoms with van der Waals surface area (Å²) in [5, 5.41) is 11.1. The number of likely N-dealkylation sites (N-methyl/N-ethyl adjacent to an activating group) is 1. The molecular formula is C22H25F2N3O. The lowest BCUT2D eigenvalue weighted by Crippen LogP contribution is -2.62. The molecule has 0 unspecified atom stereocenters. The van der Waals surface area contributed by atoms with Gasteiger partial charge in [-0.05, 0) is 29.5 Å². The van der Waals surface area contributed by atoms with Crippen molar-refractivity contribution < 1.29 is 13.6 Å². The lowest BCUT2D eigenvalue weighted by Gasteiger charge is -2.46. The minimum Gasteiger partial charge on any atom is -0.346 e. The zero-order chi connectivity index (χ0) is 20.9. The van der Waals surface area contributed by atoms with Crippen molar-refractivity contribution in [1.29, 1.82) is 5.41 Å². The number of halogens is 2. The summed E-state index contributed by atoms with van der Waals surface area (Å²) in [5.74, 6) is -2.67. The molecule has 0 spiro atoms. The average Bonchev–Trinajstić information content (AvgIpc) is 2.59. The quantitative estimate of drug-likeness (QED) is 0.812. The molecule has 0 aromatic heterocycles. The van der Waals surface area contributed by atoms with Gasteiger partial charge in [0.15, 0.2) is 5.96 Å². The lowest BCUT2D eigenvalue weighted by atomic mass is 9.73. The molecule has 0 saturated carbocycles. The van der Waals surface area contributed by atoms with Gasteiger partial charge in [0, 0.05) is 18.7 Å². The Morgan fingerprint density at radius 1 is 1.11 bits per heavy atom. The standard InChI is InChI=1S/C22H25F2N3O/c1-21(2,3)14-8-6-13(7-9-14)18-19(28)27(5)20(25)26-22(18,4)16-11-10-15(23)12-17(16)24/h6-12,18H,1-5H3,(H2,25,26)/t18-,22+/m0/s1. The number of rotatable bonds is 2. The van der Waals surface area contributed by atoms with E-state index in [0.29, 0.717) is 5.56 Å². The Morgan fingerprint density at radius 3 is 2.25 bits per heavy atom. The molecule has 0 aliphatic carbocycles. The smallest absolute Gasteiger partial charge is 0.239 e. The number of guanidine groups is 1. The Labute approximate surface area is 164 Å². The maximum absolute atomic E-state index is 14.7. The fraction of sp³-hybridized carbons (Fsp3) is 0.364. The van der Waals surface area contributed by atoms with Crippen LogP contribution in [0.3, 0.4) is 0 Å². The van der Waals surface area contributed by atoms with E-state index >= 15 is 0 Å². The molecule has 4 nitrogen and oxygen atoms in total. The van der Waals surface area contributed by atoms with Gasteiger partial charge >= 0.3 is 0 Å². The van der Waals surface area contributed by atoms with Crippen molar-refractivity contribution in [3.8, 4) is 0 Å². The van der Waals surface area contributed by atoms with Gasteiger partial charge in [-0.15, -0.1) is 0 Å². The summed E-state index contributed by atoms with van der Waals surface area (Å²) in [6.07, 6.45) is 0. The first kappa shape index (κ1) is 20.0. The molecule has 2 atom stereocenters. The summed E-state index contributed by atoms with van der Waals surface area (Å²) in [6, 6.07) is 11.0. The van der Waals surface area contributed by atoms with Crippen LogP contribution >= 0.6 is 0 Å². The van der Waals surface area contributed by atoms with Crippen LogP contribution in [0.2, 0.25) is 0 Å². The topological polar surface area (TPSA) is 56.2 Å². The number of carbonyl (C=O) groups is 1. The third kappa shape index (κ3) is 3.28. The fourth-order valence-corrected chi connectivity index (χ4v) is 3.74. The van der Waals surface area contributed by atoms with Crippen molar-refractivity contribution in [1.82, 2.24) is 10.2 Å². The van der Waals surface area contributed by atoms with Gasteiger partial charge in [0.05, 0.1) is 11.5 Å². The monoisotopic (exact) mass is 385 g/mol. The zero-order valence-electron chi connectivity index (χ0n) is 16.7. The van der Waals surface area contributed by atoms with E-state index in [1.807, 2.05) is 24.3 Å². The number of carbonyl (C=O) groups excluding carboxylic acids is 1. The molecule has 1 saturated heterocycles. The summed E-state index contributed by atoms with van der Waals surface area (Å²) in [7, 11) is 1.51. The minimum atomic E-state index is -1.23. The second-order valence-corrected chi connectivity index (χ2v) is 8.50. The van der Waals surface area contributed by atoms with Crippen molar-refractivity contribution in [2.24, 2.45) is 0 Å². The van der Waals surface area contributed by atoms with Crippen LogP contribution in [0.15, 0.2) is 42.5 Å². The minimum absolute atomic E-state index is 0.0430. The van der Waals surface area contributed by atoms with Crippen LogP contribution in [0, 0.1) is 17.0 Å². The molecule has 148 valence electrons.